The van der Waals surface area contributed by atoms with Crippen molar-refractivity contribution in [2.75, 3.05) is 56.1 Å². The van der Waals surface area contributed by atoms with Crippen LogP contribution in [0.25, 0.3) is 0 Å². The summed E-state index contributed by atoms with van der Waals surface area (Å²) in [6.07, 6.45) is 2.06. The number of nitriles is 1. The molecule has 0 spiro atoms. The van der Waals surface area contributed by atoms with Crippen molar-refractivity contribution in [2.24, 2.45) is 0 Å². The Hall–Kier alpha value is -3.16. The molecule has 10 heteroatoms. The number of nitrogens with one attached hydrogen (secondary N) is 1. The van der Waals surface area contributed by atoms with Crippen molar-refractivity contribution in [3.8, 4) is 6.07 Å². The predicted molar refractivity (Wildman–Crippen MR) is 123 cm³/mol. The van der Waals surface area contributed by atoms with Gasteiger partial charge in [0.2, 0.25) is 10.0 Å². The molecule has 2 fully saturated rings. The van der Waals surface area contributed by atoms with Crippen molar-refractivity contribution in [1.82, 2.24) is 9.62 Å². The SMILES string of the molecule is CNS(=O)(=O)c1ccc(N2CCCC2)c(C(=O)N2CCN(c3ccc(C#N)c(F)c3)CC2)c1. The maximum Gasteiger partial charge on any atom is 0.256 e. The molecule has 0 aromatic heterocycles. The summed E-state index contributed by atoms with van der Waals surface area (Å²) in [6.45, 7) is 3.51. The maximum atomic E-state index is 14.0. The Labute approximate surface area is 193 Å². The van der Waals surface area contributed by atoms with Gasteiger partial charge in [0.15, 0.2) is 0 Å². The standard InChI is InChI=1S/C23H26FN5O3S/c1-26-33(31,32)19-6-7-22(28-8-2-3-9-28)20(15-19)23(30)29-12-10-27(11-13-29)18-5-4-17(16-25)21(24)14-18/h4-7,14-15,26H,2-3,8-13H2,1H3. The molecule has 0 radical (unpaired) electrons. The van der Waals surface area contributed by atoms with E-state index in [0.29, 0.717) is 37.4 Å². The maximum absolute atomic E-state index is 14.0. The van der Waals surface area contributed by atoms with E-state index >= 15 is 0 Å². The van der Waals surface area contributed by atoms with Crippen LogP contribution in [-0.4, -0.2) is 65.5 Å². The molecule has 1 amide bonds. The van der Waals surface area contributed by atoms with Gasteiger partial charge in [-0.3, -0.25) is 4.79 Å². The number of carbonyl (C=O) groups excluding carboxylic acids is 1. The lowest BCUT2D eigenvalue weighted by atomic mass is 10.1. The van der Waals surface area contributed by atoms with E-state index in [1.165, 1.54) is 31.3 Å². The number of anilines is 2. The Morgan fingerprint density at radius 1 is 1.00 bits per heavy atom. The van der Waals surface area contributed by atoms with Crippen molar-refractivity contribution >= 4 is 27.3 Å². The van der Waals surface area contributed by atoms with Crippen LogP contribution in [0.5, 0.6) is 0 Å². The molecule has 2 aromatic rings. The summed E-state index contributed by atoms with van der Waals surface area (Å²) < 4.78 is 41.0. The molecule has 1 N–H and O–H groups in total. The third kappa shape index (κ3) is 4.65. The van der Waals surface area contributed by atoms with E-state index in [4.69, 9.17) is 5.26 Å². The molecule has 2 aliphatic rings. The second-order valence-electron chi connectivity index (χ2n) is 8.14. The minimum absolute atomic E-state index is 0.00147. The molecule has 174 valence electrons. The van der Waals surface area contributed by atoms with E-state index in [1.807, 2.05) is 11.0 Å². The van der Waals surface area contributed by atoms with Gasteiger partial charge < -0.3 is 14.7 Å². The first-order valence-electron chi connectivity index (χ1n) is 10.9. The number of amides is 1. The van der Waals surface area contributed by atoms with Gasteiger partial charge in [-0.2, -0.15) is 5.26 Å². The minimum atomic E-state index is -3.69. The van der Waals surface area contributed by atoms with Crippen LogP contribution < -0.4 is 14.5 Å². The number of halogens is 1. The number of hydrogen-bond donors (Lipinski definition) is 1. The van der Waals surface area contributed by atoms with Gasteiger partial charge in [-0.15, -0.1) is 0 Å². The van der Waals surface area contributed by atoms with Crippen molar-refractivity contribution in [3.63, 3.8) is 0 Å². The zero-order chi connectivity index (χ0) is 23.6. The van der Waals surface area contributed by atoms with Crippen LogP contribution in [0.2, 0.25) is 0 Å². The molecule has 0 unspecified atom stereocenters. The first kappa shape index (κ1) is 23.0. The second-order valence-corrected chi connectivity index (χ2v) is 10.0. The van der Waals surface area contributed by atoms with Crippen molar-refractivity contribution in [2.45, 2.75) is 17.7 Å². The van der Waals surface area contributed by atoms with Crippen LogP contribution in [-0.2, 0) is 10.0 Å². The van der Waals surface area contributed by atoms with Crippen LogP contribution >= 0.6 is 0 Å². The van der Waals surface area contributed by atoms with Gasteiger partial charge in [-0.05, 0) is 56.3 Å². The van der Waals surface area contributed by atoms with E-state index in [0.717, 1.165) is 31.6 Å². The van der Waals surface area contributed by atoms with Crippen molar-refractivity contribution in [1.29, 1.82) is 5.26 Å². The van der Waals surface area contributed by atoms with E-state index < -0.39 is 15.8 Å². The molecular weight excluding hydrogens is 445 g/mol. The van der Waals surface area contributed by atoms with Crippen molar-refractivity contribution in [3.05, 3.63) is 53.3 Å². The number of rotatable bonds is 5. The summed E-state index contributed by atoms with van der Waals surface area (Å²) in [5.74, 6) is -0.776. The van der Waals surface area contributed by atoms with Crippen LogP contribution in [0.1, 0.15) is 28.8 Å². The Morgan fingerprint density at radius 2 is 1.70 bits per heavy atom. The third-order valence-corrected chi connectivity index (χ3v) is 7.64. The van der Waals surface area contributed by atoms with Crippen LogP contribution in [0.4, 0.5) is 15.8 Å². The smallest absolute Gasteiger partial charge is 0.256 e. The molecule has 0 saturated carbocycles. The molecule has 2 saturated heterocycles. The summed E-state index contributed by atoms with van der Waals surface area (Å²) in [7, 11) is -2.34. The van der Waals surface area contributed by atoms with Gasteiger partial charge in [0.05, 0.1) is 16.0 Å². The lowest BCUT2D eigenvalue weighted by molar-refractivity contribution is 0.0747. The Kier molecular flexibility index (Phi) is 6.54. The Morgan fingerprint density at radius 3 is 2.30 bits per heavy atom. The molecule has 4 rings (SSSR count). The molecule has 33 heavy (non-hydrogen) atoms. The average Bonchev–Trinajstić information content (AvgIpc) is 3.38. The van der Waals surface area contributed by atoms with Gasteiger partial charge >= 0.3 is 0 Å². The quantitative estimate of drug-likeness (QED) is 0.718. The second kappa shape index (κ2) is 9.37. The van der Waals surface area contributed by atoms with Gasteiger partial charge in [-0.1, -0.05) is 0 Å². The van der Waals surface area contributed by atoms with Gasteiger partial charge in [0.1, 0.15) is 11.9 Å². The highest BCUT2D eigenvalue weighted by atomic mass is 32.2. The van der Waals surface area contributed by atoms with Gasteiger partial charge in [0.25, 0.3) is 5.91 Å². The molecule has 2 aliphatic heterocycles. The van der Waals surface area contributed by atoms with Crippen molar-refractivity contribution < 1.29 is 17.6 Å². The average molecular weight is 472 g/mol. The fraction of sp³-hybridized carbons (Fsp3) is 0.391. The normalized spacial score (nSPS) is 16.7. The monoisotopic (exact) mass is 471 g/mol. The number of sulfonamides is 1. The molecule has 0 atom stereocenters. The molecule has 0 aliphatic carbocycles. The predicted octanol–water partition coefficient (Wildman–Crippen LogP) is 2.17. The number of piperazine rings is 1. The van der Waals surface area contributed by atoms with Crippen LogP contribution in [0.15, 0.2) is 41.3 Å². The lowest BCUT2D eigenvalue weighted by Gasteiger charge is -2.36. The molecule has 8 nitrogen and oxygen atoms in total. The highest BCUT2D eigenvalue weighted by Gasteiger charge is 2.28. The first-order valence-corrected chi connectivity index (χ1v) is 12.4. The topological polar surface area (TPSA) is 96.8 Å². The number of hydrogen-bond acceptors (Lipinski definition) is 6. The van der Waals surface area contributed by atoms with Gasteiger partial charge in [-0.25, -0.2) is 17.5 Å². The Bertz CT molecular complexity index is 1200. The zero-order valence-corrected chi connectivity index (χ0v) is 19.2. The fourth-order valence-electron chi connectivity index (χ4n) is 4.33. The fourth-order valence-corrected chi connectivity index (χ4v) is 5.09. The summed E-state index contributed by atoms with van der Waals surface area (Å²) in [6, 6.07) is 11.0. The van der Waals surface area contributed by atoms with E-state index in [9.17, 15) is 17.6 Å². The molecule has 2 aromatic carbocycles. The first-order chi connectivity index (χ1) is 15.8. The minimum Gasteiger partial charge on any atom is -0.371 e. The summed E-state index contributed by atoms with van der Waals surface area (Å²) in [4.78, 5) is 19.4. The largest absolute Gasteiger partial charge is 0.371 e. The number of carbonyl (C=O) groups is 1. The van der Waals surface area contributed by atoms with Crippen LogP contribution in [0.3, 0.4) is 0 Å². The highest BCUT2D eigenvalue weighted by molar-refractivity contribution is 7.89. The molecular formula is C23H26FN5O3S. The molecule has 2 heterocycles. The lowest BCUT2D eigenvalue weighted by Crippen LogP contribution is -2.49. The van der Waals surface area contributed by atoms with E-state index in [-0.39, 0.29) is 16.4 Å². The number of nitrogens with zero attached hydrogens (tertiary/aromatic N) is 4. The Balaban J connectivity index is 1.56. The third-order valence-electron chi connectivity index (χ3n) is 6.23. The summed E-state index contributed by atoms with van der Waals surface area (Å²) in [5, 5.41) is 8.92. The van der Waals surface area contributed by atoms with Gasteiger partial charge in [0, 0.05) is 50.6 Å². The van der Waals surface area contributed by atoms with E-state index in [1.54, 1.807) is 17.0 Å². The zero-order valence-electron chi connectivity index (χ0n) is 18.4. The number of benzene rings is 2. The highest BCUT2D eigenvalue weighted by Crippen LogP contribution is 2.29. The van der Waals surface area contributed by atoms with E-state index in [2.05, 4.69) is 9.62 Å². The summed E-state index contributed by atoms with van der Waals surface area (Å²) >= 11 is 0. The molecule has 0 bridgehead atoms. The van der Waals surface area contributed by atoms with Crippen LogP contribution in [0, 0.1) is 17.1 Å². The summed E-state index contributed by atoms with van der Waals surface area (Å²) in [5.41, 5.74) is 1.80.